The van der Waals surface area contributed by atoms with Crippen molar-refractivity contribution in [3.63, 3.8) is 0 Å². The zero-order valence-electron chi connectivity index (χ0n) is 10.2. The highest BCUT2D eigenvalue weighted by Crippen LogP contribution is 2.29. The van der Waals surface area contributed by atoms with Crippen LogP contribution >= 0.6 is 27.3 Å². The van der Waals surface area contributed by atoms with Gasteiger partial charge in [-0.1, -0.05) is 22.0 Å². The van der Waals surface area contributed by atoms with E-state index < -0.39 is 6.10 Å². The lowest BCUT2D eigenvalue weighted by atomic mass is 10.1. The van der Waals surface area contributed by atoms with Crippen molar-refractivity contribution in [3.8, 4) is 5.75 Å². The van der Waals surface area contributed by atoms with Crippen LogP contribution in [0.2, 0.25) is 0 Å². The summed E-state index contributed by atoms with van der Waals surface area (Å²) in [5, 5.41) is 12.7. The van der Waals surface area contributed by atoms with Gasteiger partial charge in [0.2, 0.25) is 0 Å². The van der Waals surface area contributed by atoms with E-state index in [9.17, 15) is 5.11 Å². The van der Waals surface area contributed by atoms with E-state index in [1.54, 1.807) is 18.3 Å². The van der Waals surface area contributed by atoms with E-state index in [4.69, 9.17) is 4.74 Å². The van der Waals surface area contributed by atoms with Crippen molar-refractivity contribution in [1.82, 2.24) is 4.98 Å². The number of hydrogen-bond acceptors (Lipinski definition) is 4. The summed E-state index contributed by atoms with van der Waals surface area (Å²) in [7, 11) is 0. The fraction of sp³-hybridized carbons (Fsp3) is 0.308. The van der Waals surface area contributed by atoms with Gasteiger partial charge in [0.05, 0.1) is 16.8 Å². The summed E-state index contributed by atoms with van der Waals surface area (Å²) < 4.78 is 6.66. The second kappa shape index (κ2) is 5.82. The molecule has 0 fully saturated rings. The summed E-state index contributed by atoms with van der Waals surface area (Å²) in [6.45, 7) is 4.11. The molecule has 1 aromatic heterocycles. The average molecular weight is 328 g/mol. The Kier molecular flexibility index (Phi) is 4.37. The third kappa shape index (κ3) is 3.31. The molecule has 0 aliphatic rings. The molecule has 2 rings (SSSR count). The normalized spacial score (nSPS) is 12.4. The van der Waals surface area contributed by atoms with Crippen LogP contribution in [0.15, 0.2) is 28.1 Å². The molecule has 96 valence electrons. The minimum Gasteiger partial charge on any atom is -0.487 e. The summed E-state index contributed by atoms with van der Waals surface area (Å²) in [6, 6.07) is 5.61. The minimum atomic E-state index is -0.551. The zero-order valence-corrected chi connectivity index (χ0v) is 12.6. The molecular weight excluding hydrogens is 314 g/mol. The van der Waals surface area contributed by atoms with Crippen LogP contribution in [0.1, 0.15) is 29.3 Å². The summed E-state index contributed by atoms with van der Waals surface area (Å²) >= 11 is 5.00. The van der Waals surface area contributed by atoms with E-state index >= 15 is 0 Å². The van der Waals surface area contributed by atoms with Gasteiger partial charge < -0.3 is 9.84 Å². The lowest BCUT2D eigenvalue weighted by molar-refractivity contribution is 0.190. The average Bonchev–Trinajstić information content (AvgIpc) is 2.72. The number of halogens is 1. The smallest absolute Gasteiger partial charge is 0.131 e. The van der Waals surface area contributed by atoms with Crippen molar-refractivity contribution in [3.05, 3.63) is 44.3 Å². The lowest BCUT2D eigenvalue weighted by Crippen LogP contribution is -2.01. The molecule has 0 spiro atoms. The van der Waals surface area contributed by atoms with Crippen LogP contribution in [0.5, 0.6) is 5.75 Å². The van der Waals surface area contributed by atoms with Gasteiger partial charge >= 0.3 is 0 Å². The van der Waals surface area contributed by atoms with Crippen molar-refractivity contribution in [2.24, 2.45) is 0 Å². The SMILES string of the molecule is Cc1nc(COc2cc(Br)ccc2[C@H](C)O)cs1. The molecule has 0 unspecified atom stereocenters. The monoisotopic (exact) mass is 327 g/mol. The van der Waals surface area contributed by atoms with E-state index in [0.717, 1.165) is 20.7 Å². The van der Waals surface area contributed by atoms with E-state index in [0.29, 0.717) is 12.4 Å². The van der Waals surface area contributed by atoms with Gasteiger partial charge in [-0.25, -0.2) is 4.98 Å². The molecule has 0 aliphatic heterocycles. The van der Waals surface area contributed by atoms with Gasteiger partial charge in [0.15, 0.2) is 0 Å². The van der Waals surface area contributed by atoms with Crippen molar-refractivity contribution < 1.29 is 9.84 Å². The molecule has 1 aromatic carbocycles. The largest absolute Gasteiger partial charge is 0.487 e. The lowest BCUT2D eigenvalue weighted by Gasteiger charge is -2.13. The number of benzene rings is 1. The molecule has 5 heteroatoms. The highest BCUT2D eigenvalue weighted by molar-refractivity contribution is 9.10. The Bertz CT molecular complexity index is 540. The molecule has 1 atom stereocenters. The highest BCUT2D eigenvalue weighted by atomic mass is 79.9. The molecule has 3 nitrogen and oxygen atoms in total. The van der Waals surface area contributed by atoms with Gasteiger partial charge in [0.25, 0.3) is 0 Å². The summed E-state index contributed by atoms with van der Waals surface area (Å²) in [6.07, 6.45) is -0.551. The predicted molar refractivity (Wildman–Crippen MR) is 76.0 cm³/mol. The Hall–Kier alpha value is -0.910. The first kappa shape index (κ1) is 13.5. The molecule has 1 N–H and O–H groups in total. The predicted octanol–water partition coefficient (Wildman–Crippen LogP) is 3.85. The number of aliphatic hydroxyl groups excluding tert-OH is 1. The highest BCUT2D eigenvalue weighted by Gasteiger charge is 2.10. The molecular formula is C13H14BrNO2S. The number of aryl methyl sites for hydroxylation is 1. The van der Waals surface area contributed by atoms with Crippen LogP contribution in [-0.4, -0.2) is 10.1 Å². The second-order valence-electron chi connectivity index (χ2n) is 4.00. The minimum absolute atomic E-state index is 0.417. The van der Waals surface area contributed by atoms with Crippen LogP contribution < -0.4 is 4.74 Å². The first-order valence-corrected chi connectivity index (χ1v) is 7.25. The number of aromatic nitrogens is 1. The third-order valence-electron chi connectivity index (χ3n) is 2.47. The maximum absolute atomic E-state index is 9.69. The van der Waals surface area contributed by atoms with E-state index in [2.05, 4.69) is 20.9 Å². The fourth-order valence-electron chi connectivity index (χ4n) is 1.60. The number of aliphatic hydroxyl groups is 1. The quantitative estimate of drug-likeness (QED) is 0.927. The number of nitrogens with zero attached hydrogens (tertiary/aromatic N) is 1. The Morgan fingerprint density at radius 3 is 2.89 bits per heavy atom. The molecule has 1 heterocycles. The molecule has 0 radical (unpaired) electrons. The van der Waals surface area contributed by atoms with Gasteiger partial charge in [0, 0.05) is 15.4 Å². The van der Waals surface area contributed by atoms with Gasteiger partial charge in [-0.3, -0.25) is 0 Å². The van der Waals surface area contributed by atoms with Crippen molar-refractivity contribution in [2.45, 2.75) is 26.6 Å². The molecule has 0 saturated carbocycles. The number of ether oxygens (including phenoxy) is 1. The van der Waals surface area contributed by atoms with Gasteiger partial charge in [0.1, 0.15) is 12.4 Å². The van der Waals surface area contributed by atoms with E-state index in [1.165, 1.54) is 0 Å². The van der Waals surface area contributed by atoms with Crippen molar-refractivity contribution in [1.29, 1.82) is 0 Å². The van der Waals surface area contributed by atoms with Crippen LogP contribution in [0.25, 0.3) is 0 Å². The van der Waals surface area contributed by atoms with E-state index in [-0.39, 0.29) is 0 Å². The number of thiazole rings is 1. The Morgan fingerprint density at radius 1 is 1.50 bits per heavy atom. The number of hydrogen-bond donors (Lipinski definition) is 1. The molecule has 2 aromatic rings. The standard InChI is InChI=1S/C13H14BrNO2S/c1-8(16)12-4-3-10(14)5-13(12)17-6-11-7-18-9(2)15-11/h3-5,7-8,16H,6H2,1-2H3/t8-/m0/s1. The second-order valence-corrected chi connectivity index (χ2v) is 5.98. The first-order chi connectivity index (χ1) is 8.56. The third-order valence-corrected chi connectivity index (χ3v) is 3.78. The molecule has 0 bridgehead atoms. The van der Waals surface area contributed by atoms with Gasteiger partial charge in [-0.2, -0.15) is 0 Å². The molecule has 0 saturated heterocycles. The van der Waals surface area contributed by atoms with Crippen LogP contribution in [0.4, 0.5) is 0 Å². The zero-order chi connectivity index (χ0) is 13.1. The summed E-state index contributed by atoms with van der Waals surface area (Å²) in [5.41, 5.74) is 1.69. The Labute approximate surface area is 119 Å². The topological polar surface area (TPSA) is 42.4 Å². The van der Waals surface area contributed by atoms with Gasteiger partial charge in [-0.15, -0.1) is 11.3 Å². The van der Waals surface area contributed by atoms with Crippen molar-refractivity contribution >= 4 is 27.3 Å². The molecule has 18 heavy (non-hydrogen) atoms. The maximum atomic E-state index is 9.69. The maximum Gasteiger partial charge on any atom is 0.131 e. The van der Waals surface area contributed by atoms with Crippen LogP contribution in [0.3, 0.4) is 0 Å². The summed E-state index contributed by atoms with van der Waals surface area (Å²) in [4.78, 5) is 4.34. The van der Waals surface area contributed by atoms with E-state index in [1.807, 2.05) is 30.5 Å². The fourth-order valence-corrected chi connectivity index (χ4v) is 2.54. The molecule has 0 amide bonds. The summed E-state index contributed by atoms with van der Waals surface area (Å²) in [5.74, 6) is 0.685. The first-order valence-electron chi connectivity index (χ1n) is 5.57. The molecule has 0 aliphatic carbocycles. The van der Waals surface area contributed by atoms with Crippen LogP contribution in [0, 0.1) is 6.92 Å². The Balaban J connectivity index is 2.15. The van der Waals surface area contributed by atoms with Crippen LogP contribution in [-0.2, 0) is 6.61 Å². The Morgan fingerprint density at radius 2 is 2.28 bits per heavy atom. The number of rotatable bonds is 4. The van der Waals surface area contributed by atoms with Crippen molar-refractivity contribution in [2.75, 3.05) is 0 Å². The van der Waals surface area contributed by atoms with Gasteiger partial charge in [-0.05, 0) is 26.0 Å².